The Balaban J connectivity index is 1.57. The van der Waals surface area contributed by atoms with Crippen LogP contribution in [0.2, 0.25) is 0 Å². The molecule has 3 aromatic rings. The largest absolute Gasteiger partial charge is 0.356 e. The second-order valence-electron chi connectivity index (χ2n) is 6.27. The minimum Gasteiger partial charge on any atom is -0.356 e. The Hall–Kier alpha value is -2.53. The highest BCUT2D eigenvalue weighted by molar-refractivity contribution is 8.00. The molecule has 0 saturated heterocycles. The van der Waals surface area contributed by atoms with Crippen LogP contribution in [0, 0.1) is 13.8 Å². The fourth-order valence-electron chi connectivity index (χ4n) is 2.69. The van der Waals surface area contributed by atoms with Crippen molar-refractivity contribution in [2.24, 2.45) is 0 Å². The molecule has 2 aromatic carbocycles. The molecule has 0 bridgehead atoms. The zero-order valence-corrected chi connectivity index (χ0v) is 16.2. The van der Waals surface area contributed by atoms with Crippen molar-refractivity contribution >= 4 is 29.3 Å². The van der Waals surface area contributed by atoms with Crippen LogP contribution in [0.15, 0.2) is 59.5 Å². The highest BCUT2D eigenvalue weighted by Gasteiger charge is 2.01. The van der Waals surface area contributed by atoms with Gasteiger partial charge in [0.1, 0.15) is 0 Å². The molecular formula is C21H24N4S. The summed E-state index contributed by atoms with van der Waals surface area (Å²) in [6.45, 7) is 6.15. The average Bonchev–Trinajstić information content (AvgIpc) is 2.62. The standard InChI is InChI=1S/C21H24N4S/c1-4-5-17-6-8-18(9-7-17)24-19-10-12-20(13-11-19)26-25-21-22-15(2)14-16(3)23-21/h6-14,24H,4-5H2,1-3H3,(H,22,23,25). The maximum Gasteiger partial charge on any atom is 0.233 e. The summed E-state index contributed by atoms with van der Waals surface area (Å²) in [7, 11) is 0. The van der Waals surface area contributed by atoms with Crippen LogP contribution in [0.3, 0.4) is 0 Å². The molecule has 0 aliphatic rings. The SMILES string of the molecule is CCCc1ccc(Nc2ccc(SNc3nc(C)cc(C)n3)cc2)cc1. The molecule has 134 valence electrons. The van der Waals surface area contributed by atoms with Crippen molar-refractivity contribution in [2.45, 2.75) is 38.5 Å². The van der Waals surface area contributed by atoms with E-state index in [0.29, 0.717) is 5.95 Å². The predicted molar refractivity (Wildman–Crippen MR) is 111 cm³/mol. The van der Waals surface area contributed by atoms with Gasteiger partial charge in [-0.05, 0) is 80.2 Å². The van der Waals surface area contributed by atoms with Gasteiger partial charge in [0.15, 0.2) is 0 Å². The molecule has 0 saturated carbocycles. The third-order valence-corrected chi connectivity index (χ3v) is 4.67. The van der Waals surface area contributed by atoms with Crippen molar-refractivity contribution in [2.75, 3.05) is 10.0 Å². The van der Waals surface area contributed by atoms with Crippen molar-refractivity contribution in [1.29, 1.82) is 0 Å². The van der Waals surface area contributed by atoms with Crippen molar-refractivity contribution in [3.63, 3.8) is 0 Å². The van der Waals surface area contributed by atoms with E-state index in [1.165, 1.54) is 23.9 Å². The average molecular weight is 365 g/mol. The Bertz CT molecular complexity index is 825. The molecule has 0 unspecified atom stereocenters. The Kier molecular flexibility index (Phi) is 6.12. The molecule has 0 amide bonds. The first-order valence-corrected chi connectivity index (χ1v) is 9.65. The third kappa shape index (κ3) is 5.23. The molecule has 2 N–H and O–H groups in total. The second-order valence-corrected chi connectivity index (χ2v) is 7.15. The van der Waals surface area contributed by atoms with Crippen LogP contribution in [0.25, 0.3) is 0 Å². The van der Waals surface area contributed by atoms with E-state index in [2.05, 4.69) is 75.5 Å². The van der Waals surface area contributed by atoms with Crippen LogP contribution in [-0.4, -0.2) is 9.97 Å². The van der Waals surface area contributed by atoms with Crippen LogP contribution >= 0.6 is 11.9 Å². The lowest BCUT2D eigenvalue weighted by molar-refractivity contribution is 0.922. The number of aryl methyl sites for hydroxylation is 3. The topological polar surface area (TPSA) is 49.8 Å². The van der Waals surface area contributed by atoms with Gasteiger partial charge < -0.3 is 5.32 Å². The Labute approximate surface area is 159 Å². The lowest BCUT2D eigenvalue weighted by atomic mass is 10.1. The summed E-state index contributed by atoms with van der Waals surface area (Å²) >= 11 is 1.51. The minimum absolute atomic E-state index is 0.641. The first-order chi connectivity index (χ1) is 12.6. The van der Waals surface area contributed by atoms with Gasteiger partial charge in [0, 0.05) is 27.7 Å². The highest BCUT2D eigenvalue weighted by Crippen LogP contribution is 2.23. The van der Waals surface area contributed by atoms with E-state index in [0.717, 1.165) is 34.1 Å². The molecule has 0 aliphatic carbocycles. The van der Waals surface area contributed by atoms with Crippen molar-refractivity contribution in [1.82, 2.24) is 9.97 Å². The molecule has 5 heteroatoms. The monoisotopic (exact) mass is 364 g/mol. The van der Waals surface area contributed by atoms with E-state index in [4.69, 9.17) is 0 Å². The number of nitrogens with zero attached hydrogens (tertiary/aromatic N) is 2. The zero-order valence-electron chi connectivity index (χ0n) is 15.4. The van der Waals surface area contributed by atoms with Crippen molar-refractivity contribution < 1.29 is 0 Å². The third-order valence-electron chi connectivity index (χ3n) is 3.88. The number of hydrogen-bond acceptors (Lipinski definition) is 5. The number of anilines is 3. The number of benzene rings is 2. The fourth-order valence-corrected chi connectivity index (χ4v) is 3.27. The van der Waals surface area contributed by atoms with E-state index in [1.807, 2.05) is 19.9 Å². The minimum atomic E-state index is 0.641. The maximum atomic E-state index is 4.39. The van der Waals surface area contributed by atoms with E-state index in [9.17, 15) is 0 Å². The molecule has 0 aliphatic heterocycles. The van der Waals surface area contributed by atoms with E-state index < -0.39 is 0 Å². The van der Waals surface area contributed by atoms with E-state index in [1.54, 1.807) is 0 Å². The normalized spacial score (nSPS) is 10.6. The van der Waals surface area contributed by atoms with Gasteiger partial charge in [0.2, 0.25) is 5.95 Å². The van der Waals surface area contributed by atoms with Crippen LogP contribution in [0.1, 0.15) is 30.3 Å². The van der Waals surface area contributed by atoms with Crippen LogP contribution in [0.5, 0.6) is 0 Å². The Morgan fingerprint density at radius 1 is 0.846 bits per heavy atom. The lowest BCUT2D eigenvalue weighted by Crippen LogP contribution is -1.98. The summed E-state index contributed by atoms with van der Waals surface area (Å²) in [5.74, 6) is 0.641. The highest BCUT2D eigenvalue weighted by atomic mass is 32.2. The van der Waals surface area contributed by atoms with Gasteiger partial charge in [-0.15, -0.1) is 0 Å². The smallest absolute Gasteiger partial charge is 0.233 e. The molecule has 3 rings (SSSR count). The van der Waals surface area contributed by atoms with Crippen LogP contribution < -0.4 is 10.0 Å². The fraction of sp³-hybridized carbons (Fsp3) is 0.238. The first-order valence-electron chi connectivity index (χ1n) is 8.83. The van der Waals surface area contributed by atoms with Gasteiger partial charge in [-0.25, -0.2) is 9.97 Å². The first kappa shape index (κ1) is 18.3. The van der Waals surface area contributed by atoms with Gasteiger partial charge >= 0.3 is 0 Å². The Morgan fingerprint density at radius 3 is 2.00 bits per heavy atom. The van der Waals surface area contributed by atoms with Gasteiger partial charge in [-0.1, -0.05) is 25.5 Å². The summed E-state index contributed by atoms with van der Waals surface area (Å²) in [6, 6.07) is 18.9. The quantitative estimate of drug-likeness (QED) is 0.510. The van der Waals surface area contributed by atoms with Crippen molar-refractivity contribution in [3.05, 3.63) is 71.5 Å². The molecule has 26 heavy (non-hydrogen) atoms. The van der Waals surface area contributed by atoms with Crippen LogP contribution in [-0.2, 0) is 6.42 Å². The maximum absolute atomic E-state index is 4.39. The lowest BCUT2D eigenvalue weighted by Gasteiger charge is -2.09. The summed E-state index contributed by atoms with van der Waals surface area (Å²) in [4.78, 5) is 9.88. The van der Waals surface area contributed by atoms with Crippen molar-refractivity contribution in [3.8, 4) is 0 Å². The number of rotatable bonds is 7. The molecule has 1 heterocycles. The summed E-state index contributed by atoms with van der Waals surface area (Å²) < 4.78 is 3.20. The van der Waals surface area contributed by atoms with Gasteiger partial charge in [-0.3, -0.25) is 4.72 Å². The molecule has 1 aromatic heterocycles. The summed E-state index contributed by atoms with van der Waals surface area (Å²) in [6.07, 6.45) is 2.30. The molecule has 4 nitrogen and oxygen atoms in total. The number of nitrogens with one attached hydrogen (secondary N) is 2. The number of hydrogen-bond donors (Lipinski definition) is 2. The van der Waals surface area contributed by atoms with E-state index >= 15 is 0 Å². The molecule has 0 fully saturated rings. The summed E-state index contributed by atoms with van der Waals surface area (Å²) in [5, 5.41) is 3.43. The van der Waals surface area contributed by atoms with E-state index in [-0.39, 0.29) is 0 Å². The zero-order chi connectivity index (χ0) is 18.4. The molecular weight excluding hydrogens is 340 g/mol. The van der Waals surface area contributed by atoms with Gasteiger partial charge in [0.25, 0.3) is 0 Å². The number of aromatic nitrogens is 2. The molecule has 0 spiro atoms. The van der Waals surface area contributed by atoms with Crippen LogP contribution in [0.4, 0.5) is 17.3 Å². The van der Waals surface area contributed by atoms with Gasteiger partial charge in [-0.2, -0.15) is 0 Å². The molecule has 0 atom stereocenters. The Morgan fingerprint density at radius 2 is 1.42 bits per heavy atom. The summed E-state index contributed by atoms with van der Waals surface area (Å²) in [5.41, 5.74) is 5.48. The van der Waals surface area contributed by atoms with Gasteiger partial charge in [0.05, 0.1) is 0 Å². The predicted octanol–water partition coefficient (Wildman–Crippen LogP) is 5.91. The second kappa shape index (κ2) is 8.72. The molecule has 0 radical (unpaired) electrons.